The molecule has 3 aromatic rings. The molecule has 7 nitrogen and oxygen atoms in total. The van der Waals surface area contributed by atoms with E-state index in [0.717, 1.165) is 64.9 Å². The van der Waals surface area contributed by atoms with Crippen molar-refractivity contribution < 1.29 is 23.7 Å². The summed E-state index contributed by atoms with van der Waals surface area (Å²) in [5, 5.41) is 1.99. The number of aryl methyl sites for hydroxylation is 1. The van der Waals surface area contributed by atoms with Crippen LogP contribution in [-0.4, -0.2) is 54.2 Å². The second-order valence-electron chi connectivity index (χ2n) is 9.25. The molecule has 2 aromatic carbocycles. The second kappa shape index (κ2) is 11.4. The summed E-state index contributed by atoms with van der Waals surface area (Å²) < 4.78 is 23.2. The molecule has 0 radical (unpaired) electrons. The van der Waals surface area contributed by atoms with E-state index in [9.17, 15) is 4.79 Å². The number of carbonyl (C=O) groups excluding carboxylic acids is 1. The van der Waals surface area contributed by atoms with Gasteiger partial charge in [-0.2, -0.15) is 0 Å². The average Bonchev–Trinajstić information content (AvgIpc) is 3.52. The molecule has 190 valence electrons. The molecule has 3 heterocycles. The molecule has 1 fully saturated rings. The molecule has 2 aliphatic heterocycles. The molecule has 1 unspecified atom stereocenters. The molecule has 2 aliphatic rings. The summed E-state index contributed by atoms with van der Waals surface area (Å²) in [5.74, 6) is 2.57. The zero-order chi connectivity index (χ0) is 24.9. The predicted octanol–water partition coefficient (Wildman–Crippen LogP) is 5.89. The van der Waals surface area contributed by atoms with Crippen LogP contribution >= 0.6 is 11.8 Å². The lowest BCUT2D eigenvalue weighted by molar-refractivity contribution is -0.143. The first kappa shape index (κ1) is 24.7. The number of aliphatic imine (C=N–C) groups is 1. The van der Waals surface area contributed by atoms with Crippen molar-refractivity contribution in [1.29, 1.82) is 0 Å². The van der Waals surface area contributed by atoms with Gasteiger partial charge in [0.25, 0.3) is 0 Å². The van der Waals surface area contributed by atoms with E-state index in [2.05, 4.69) is 18.0 Å². The van der Waals surface area contributed by atoms with Crippen LogP contribution in [0.4, 0.5) is 0 Å². The van der Waals surface area contributed by atoms with Gasteiger partial charge in [0.1, 0.15) is 22.3 Å². The third kappa shape index (κ3) is 6.05. The summed E-state index contributed by atoms with van der Waals surface area (Å²) >= 11 is 1.62. The van der Waals surface area contributed by atoms with E-state index in [1.165, 1.54) is 5.56 Å². The average molecular weight is 509 g/mol. The van der Waals surface area contributed by atoms with Crippen molar-refractivity contribution in [2.75, 3.05) is 33.0 Å². The van der Waals surface area contributed by atoms with Crippen molar-refractivity contribution in [2.24, 2.45) is 10.9 Å². The Morgan fingerprint density at radius 1 is 1.14 bits per heavy atom. The van der Waals surface area contributed by atoms with Crippen LogP contribution < -0.4 is 9.47 Å². The third-order valence-electron chi connectivity index (χ3n) is 6.38. The molecule has 8 heteroatoms. The van der Waals surface area contributed by atoms with Gasteiger partial charge in [-0.05, 0) is 56.9 Å². The number of aromatic amines is 1. The van der Waals surface area contributed by atoms with E-state index < -0.39 is 0 Å². The first-order chi connectivity index (χ1) is 17.6. The number of benzene rings is 2. The van der Waals surface area contributed by atoms with Crippen LogP contribution in [0.2, 0.25) is 0 Å². The molecule has 0 saturated carbocycles. The lowest BCUT2D eigenvalue weighted by Crippen LogP contribution is -2.21. The Morgan fingerprint density at radius 3 is 2.72 bits per heavy atom. The van der Waals surface area contributed by atoms with Crippen LogP contribution in [0.1, 0.15) is 37.4 Å². The van der Waals surface area contributed by atoms with Gasteiger partial charge in [0.15, 0.2) is 0 Å². The van der Waals surface area contributed by atoms with Crippen molar-refractivity contribution in [1.82, 2.24) is 4.98 Å². The quantitative estimate of drug-likeness (QED) is 0.363. The maximum atomic E-state index is 11.9. The molecule has 5 rings (SSSR count). The van der Waals surface area contributed by atoms with E-state index in [1.54, 1.807) is 11.8 Å². The number of hydrogen-bond donors (Lipinski definition) is 1. The number of rotatable bonds is 9. The fourth-order valence-corrected chi connectivity index (χ4v) is 5.48. The minimum absolute atomic E-state index is 0.0927. The highest BCUT2D eigenvalue weighted by Gasteiger charge is 2.25. The molecular weight excluding hydrogens is 476 g/mol. The molecule has 0 amide bonds. The van der Waals surface area contributed by atoms with Crippen LogP contribution in [0.5, 0.6) is 17.2 Å². The maximum Gasteiger partial charge on any atom is 0.306 e. The lowest BCUT2D eigenvalue weighted by Gasteiger charge is -2.22. The van der Waals surface area contributed by atoms with Crippen molar-refractivity contribution in [3.05, 3.63) is 53.7 Å². The smallest absolute Gasteiger partial charge is 0.306 e. The second-order valence-corrected chi connectivity index (χ2v) is 10.5. The highest BCUT2D eigenvalue weighted by molar-refractivity contribution is 8.15. The number of fused-ring (bicyclic) bond motifs is 1. The zero-order valence-electron chi connectivity index (χ0n) is 20.7. The molecule has 0 spiro atoms. The van der Waals surface area contributed by atoms with Gasteiger partial charge in [0.05, 0.1) is 37.4 Å². The highest BCUT2D eigenvalue weighted by atomic mass is 32.2. The molecule has 1 saturated heterocycles. The molecular formula is C28H32N2O5S. The Kier molecular flexibility index (Phi) is 7.82. The van der Waals surface area contributed by atoms with Crippen LogP contribution in [0.3, 0.4) is 0 Å². The van der Waals surface area contributed by atoms with Crippen molar-refractivity contribution in [2.45, 2.75) is 38.4 Å². The van der Waals surface area contributed by atoms with E-state index in [-0.39, 0.29) is 11.2 Å². The molecule has 0 bridgehead atoms. The van der Waals surface area contributed by atoms with Crippen LogP contribution in [0.15, 0.2) is 47.5 Å². The predicted molar refractivity (Wildman–Crippen MR) is 143 cm³/mol. The first-order valence-corrected chi connectivity index (χ1v) is 13.4. The van der Waals surface area contributed by atoms with Gasteiger partial charge >= 0.3 is 5.97 Å². The zero-order valence-corrected chi connectivity index (χ0v) is 21.6. The number of nitrogens with one attached hydrogen (secondary N) is 1. The minimum Gasteiger partial charge on any atom is -0.491 e. The molecule has 1 aromatic heterocycles. The largest absolute Gasteiger partial charge is 0.491 e. The highest BCUT2D eigenvalue weighted by Crippen LogP contribution is 2.36. The third-order valence-corrected chi connectivity index (χ3v) is 7.61. The Labute approximate surface area is 215 Å². The number of aromatic nitrogens is 1. The van der Waals surface area contributed by atoms with Gasteiger partial charge in [0, 0.05) is 29.9 Å². The van der Waals surface area contributed by atoms with E-state index in [1.807, 2.05) is 43.3 Å². The van der Waals surface area contributed by atoms with Crippen LogP contribution in [0.25, 0.3) is 10.9 Å². The van der Waals surface area contributed by atoms with Crippen molar-refractivity contribution in [3.63, 3.8) is 0 Å². The Balaban J connectivity index is 1.38. The topological polar surface area (TPSA) is 82.1 Å². The Hall–Kier alpha value is -2.97. The van der Waals surface area contributed by atoms with Crippen LogP contribution in [0, 0.1) is 12.8 Å². The molecule has 36 heavy (non-hydrogen) atoms. The van der Waals surface area contributed by atoms with E-state index in [4.69, 9.17) is 23.9 Å². The summed E-state index contributed by atoms with van der Waals surface area (Å²) in [6, 6.07) is 14.1. The maximum absolute atomic E-state index is 11.9. The van der Waals surface area contributed by atoms with Gasteiger partial charge in [-0.1, -0.05) is 29.5 Å². The van der Waals surface area contributed by atoms with Gasteiger partial charge in [0.2, 0.25) is 0 Å². The molecule has 1 N–H and O–H groups in total. The van der Waals surface area contributed by atoms with Gasteiger partial charge in [-0.25, -0.2) is 0 Å². The summed E-state index contributed by atoms with van der Waals surface area (Å²) in [4.78, 5) is 20.1. The standard InChI is InChI=1S/C28H32N2O5S/c1-3-33-26(31)15-23-16-29-28(36-23)24-13-20-12-22(35-21-6-4-18(2)5-7-21)14-25(27(20)30-24)34-17-19-8-10-32-11-9-19/h4-7,12-14,19,23,30H,3,8-11,15-17H2,1-2H3. The molecule has 0 aliphatic carbocycles. The number of carbonyl (C=O) groups is 1. The number of esters is 1. The van der Waals surface area contributed by atoms with E-state index in [0.29, 0.717) is 32.1 Å². The van der Waals surface area contributed by atoms with Gasteiger partial charge in [-0.15, -0.1) is 0 Å². The van der Waals surface area contributed by atoms with Crippen molar-refractivity contribution in [3.8, 4) is 17.2 Å². The summed E-state index contributed by atoms with van der Waals surface area (Å²) in [6.07, 6.45) is 2.38. The molecule has 1 atom stereocenters. The van der Waals surface area contributed by atoms with Gasteiger partial charge in [-0.3, -0.25) is 9.79 Å². The normalized spacial score (nSPS) is 18.3. The Bertz CT molecular complexity index is 1230. The van der Waals surface area contributed by atoms with Crippen LogP contribution in [-0.2, 0) is 14.3 Å². The number of nitrogens with zero attached hydrogens (tertiary/aromatic N) is 1. The summed E-state index contributed by atoms with van der Waals surface area (Å²) in [6.45, 7) is 7.09. The summed E-state index contributed by atoms with van der Waals surface area (Å²) in [5.41, 5.74) is 3.03. The first-order valence-electron chi connectivity index (χ1n) is 12.6. The number of thioether (sulfide) groups is 1. The summed E-state index contributed by atoms with van der Waals surface area (Å²) in [7, 11) is 0. The number of ether oxygens (including phenoxy) is 4. The van der Waals surface area contributed by atoms with E-state index >= 15 is 0 Å². The fourth-order valence-electron chi connectivity index (χ4n) is 4.41. The van der Waals surface area contributed by atoms with Gasteiger partial charge < -0.3 is 23.9 Å². The fraction of sp³-hybridized carbons (Fsp3) is 0.429. The number of H-pyrrole nitrogens is 1. The lowest BCUT2D eigenvalue weighted by atomic mass is 10.0. The minimum atomic E-state index is -0.176. The SMILES string of the molecule is CCOC(=O)CC1CN=C(c2cc3cc(Oc4ccc(C)cc4)cc(OCC4CCOCC4)c3[nH]2)S1. The Morgan fingerprint density at radius 2 is 1.94 bits per heavy atom. The number of hydrogen-bond acceptors (Lipinski definition) is 7. The monoisotopic (exact) mass is 508 g/mol. The van der Waals surface area contributed by atoms with Crippen molar-refractivity contribution >= 4 is 33.7 Å².